The summed E-state index contributed by atoms with van der Waals surface area (Å²) in [4.78, 5) is 10.2. The van der Waals surface area contributed by atoms with Crippen molar-refractivity contribution >= 4 is 5.97 Å². The van der Waals surface area contributed by atoms with E-state index in [4.69, 9.17) is 10.2 Å². The van der Waals surface area contributed by atoms with Gasteiger partial charge in [-0.1, -0.05) is 0 Å². The van der Waals surface area contributed by atoms with Crippen molar-refractivity contribution < 1.29 is 28.2 Å². The molecule has 0 bridgehead atoms. The first-order valence-corrected chi connectivity index (χ1v) is 3.81. The second kappa shape index (κ2) is 3.89. The molecule has 0 saturated heterocycles. The number of carbonyl (C=O) groups is 1. The molecule has 5 nitrogen and oxygen atoms in total. The van der Waals surface area contributed by atoms with E-state index in [0.29, 0.717) is 12.4 Å². The first-order valence-electron chi connectivity index (χ1n) is 3.81. The molecule has 0 aliphatic heterocycles. The minimum atomic E-state index is -4.52. The summed E-state index contributed by atoms with van der Waals surface area (Å²) in [6.45, 7) is -0.522. The highest BCUT2D eigenvalue weighted by Crippen LogP contribution is 2.28. The number of nitrogens with zero attached hydrogens (tertiary/aromatic N) is 2. The molecule has 1 aromatic heterocycles. The van der Waals surface area contributed by atoms with Crippen LogP contribution in [0.25, 0.3) is 0 Å². The van der Waals surface area contributed by atoms with Gasteiger partial charge in [-0.15, -0.1) is 0 Å². The minimum Gasteiger partial charge on any atom is -0.479 e. The molecule has 0 amide bonds. The molecule has 0 fully saturated rings. The number of rotatable bonds is 3. The Bertz CT molecular complexity index is 361. The smallest absolute Gasteiger partial charge is 0.419 e. The van der Waals surface area contributed by atoms with Crippen LogP contribution in [0.1, 0.15) is 5.56 Å². The lowest BCUT2D eigenvalue weighted by molar-refractivity contribution is -0.147. The average Bonchev–Trinajstić information content (AvgIpc) is 2.51. The fourth-order valence-electron chi connectivity index (χ4n) is 0.865. The Labute approximate surface area is 81.7 Å². The maximum Gasteiger partial charge on any atom is 0.419 e. The van der Waals surface area contributed by atoms with E-state index in [2.05, 4.69) is 5.10 Å². The van der Waals surface area contributed by atoms with Gasteiger partial charge in [0.15, 0.2) is 6.10 Å². The Balaban J connectivity index is 2.73. The Hall–Kier alpha value is -1.57. The summed E-state index contributed by atoms with van der Waals surface area (Å²) in [7, 11) is 0. The fraction of sp³-hybridized carbons (Fsp3) is 0.429. The molecule has 1 aromatic rings. The normalized spacial score (nSPS) is 13.9. The molecule has 0 aromatic carbocycles. The van der Waals surface area contributed by atoms with Gasteiger partial charge in [0.25, 0.3) is 0 Å². The minimum absolute atomic E-state index is 0.522. The number of aliphatic hydroxyl groups is 1. The lowest BCUT2D eigenvalue weighted by Gasteiger charge is -2.05. The molecule has 0 aliphatic carbocycles. The van der Waals surface area contributed by atoms with Crippen molar-refractivity contribution in [1.29, 1.82) is 0 Å². The zero-order valence-corrected chi connectivity index (χ0v) is 7.27. The zero-order chi connectivity index (χ0) is 11.6. The molecule has 0 spiro atoms. The van der Waals surface area contributed by atoms with E-state index in [1.807, 2.05) is 0 Å². The SMILES string of the molecule is O=C(O)C(O)Cn1cc(C(F)(F)F)cn1. The largest absolute Gasteiger partial charge is 0.479 e. The maximum absolute atomic E-state index is 12.1. The van der Waals surface area contributed by atoms with Crippen molar-refractivity contribution in [3.8, 4) is 0 Å². The summed E-state index contributed by atoms with van der Waals surface area (Å²) < 4.78 is 36.9. The molecule has 8 heteroatoms. The van der Waals surface area contributed by atoms with Gasteiger partial charge in [0.2, 0.25) is 0 Å². The standard InChI is InChI=1S/C7H7F3N2O3/c8-7(9,10)4-1-11-12(2-4)3-5(13)6(14)15/h1-2,5,13H,3H2,(H,14,15). The molecule has 1 unspecified atom stereocenters. The fourth-order valence-corrected chi connectivity index (χ4v) is 0.865. The summed E-state index contributed by atoms with van der Waals surface area (Å²) >= 11 is 0. The molecular formula is C7H7F3N2O3. The van der Waals surface area contributed by atoms with Crippen molar-refractivity contribution in [2.75, 3.05) is 0 Å². The summed E-state index contributed by atoms with van der Waals surface area (Å²) in [5.41, 5.74) is -0.986. The maximum atomic E-state index is 12.1. The van der Waals surface area contributed by atoms with Crippen LogP contribution in [0.4, 0.5) is 13.2 Å². The highest BCUT2D eigenvalue weighted by Gasteiger charge is 2.32. The first-order chi connectivity index (χ1) is 6.80. The van der Waals surface area contributed by atoms with Crippen LogP contribution in [-0.2, 0) is 17.5 Å². The zero-order valence-electron chi connectivity index (χ0n) is 7.27. The number of aliphatic carboxylic acids is 1. The van der Waals surface area contributed by atoms with E-state index >= 15 is 0 Å². The van der Waals surface area contributed by atoms with Crippen LogP contribution < -0.4 is 0 Å². The average molecular weight is 224 g/mol. The highest BCUT2D eigenvalue weighted by atomic mass is 19.4. The van der Waals surface area contributed by atoms with Crippen molar-refractivity contribution in [2.24, 2.45) is 0 Å². The number of hydrogen-bond donors (Lipinski definition) is 2. The molecule has 0 saturated carbocycles. The monoisotopic (exact) mass is 224 g/mol. The van der Waals surface area contributed by atoms with E-state index in [9.17, 15) is 18.0 Å². The predicted octanol–water partition coefficient (Wildman–Crippen LogP) is 0.347. The summed E-state index contributed by atoms with van der Waals surface area (Å²) in [5, 5.41) is 20.4. The van der Waals surface area contributed by atoms with Crippen LogP contribution in [0.3, 0.4) is 0 Å². The summed E-state index contributed by atoms with van der Waals surface area (Å²) in [6.07, 6.45) is -5.10. The van der Waals surface area contributed by atoms with Gasteiger partial charge in [0.1, 0.15) is 0 Å². The van der Waals surface area contributed by atoms with Crippen LogP contribution >= 0.6 is 0 Å². The lowest BCUT2D eigenvalue weighted by atomic mass is 10.3. The Kier molecular flexibility index (Phi) is 2.98. The van der Waals surface area contributed by atoms with Crippen LogP contribution in [0, 0.1) is 0 Å². The second-order valence-electron chi connectivity index (χ2n) is 2.80. The summed E-state index contributed by atoms with van der Waals surface area (Å²) in [5.74, 6) is -1.51. The van der Waals surface area contributed by atoms with E-state index in [-0.39, 0.29) is 0 Å². The van der Waals surface area contributed by atoms with E-state index in [0.717, 1.165) is 4.68 Å². The van der Waals surface area contributed by atoms with Crippen LogP contribution in [-0.4, -0.2) is 32.1 Å². The van der Waals surface area contributed by atoms with Crippen molar-refractivity contribution in [1.82, 2.24) is 9.78 Å². The number of carboxylic acid groups (broad SMARTS) is 1. The molecule has 15 heavy (non-hydrogen) atoms. The highest BCUT2D eigenvalue weighted by molar-refractivity contribution is 5.71. The number of carboxylic acids is 1. The Morgan fingerprint density at radius 3 is 2.60 bits per heavy atom. The molecule has 1 heterocycles. The second-order valence-corrected chi connectivity index (χ2v) is 2.80. The van der Waals surface area contributed by atoms with Gasteiger partial charge in [-0.3, -0.25) is 4.68 Å². The van der Waals surface area contributed by atoms with E-state index < -0.39 is 30.4 Å². The topological polar surface area (TPSA) is 75.3 Å². The van der Waals surface area contributed by atoms with Crippen LogP contribution in [0.15, 0.2) is 12.4 Å². The van der Waals surface area contributed by atoms with Gasteiger partial charge in [-0.25, -0.2) is 4.79 Å². The molecule has 0 aliphatic rings. The van der Waals surface area contributed by atoms with Crippen LogP contribution in [0.5, 0.6) is 0 Å². The van der Waals surface area contributed by atoms with Crippen molar-refractivity contribution in [3.05, 3.63) is 18.0 Å². The number of hydrogen-bond acceptors (Lipinski definition) is 3. The molecule has 1 rings (SSSR count). The Morgan fingerprint density at radius 1 is 1.60 bits per heavy atom. The van der Waals surface area contributed by atoms with Crippen molar-refractivity contribution in [2.45, 2.75) is 18.8 Å². The number of aliphatic hydroxyl groups excluding tert-OH is 1. The number of alkyl halides is 3. The number of halogens is 3. The van der Waals surface area contributed by atoms with Gasteiger partial charge in [0, 0.05) is 6.20 Å². The molecule has 84 valence electrons. The first kappa shape index (κ1) is 11.5. The third-order valence-electron chi connectivity index (χ3n) is 1.61. The van der Waals surface area contributed by atoms with Gasteiger partial charge in [-0.05, 0) is 0 Å². The van der Waals surface area contributed by atoms with Gasteiger partial charge in [-0.2, -0.15) is 18.3 Å². The predicted molar refractivity (Wildman–Crippen MR) is 40.9 cm³/mol. The third-order valence-corrected chi connectivity index (χ3v) is 1.61. The van der Waals surface area contributed by atoms with Gasteiger partial charge < -0.3 is 10.2 Å². The quantitative estimate of drug-likeness (QED) is 0.776. The van der Waals surface area contributed by atoms with E-state index in [1.165, 1.54) is 0 Å². The molecule has 0 radical (unpaired) electrons. The molecular weight excluding hydrogens is 217 g/mol. The van der Waals surface area contributed by atoms with E-state index in [1.54, 1.807) is 0 Å². The summed E-state index contributed by atoms with van der Waals surface area (Å²) in [6, 6.07) is 0. The van der Waals surface area contributed by atoms with Gasteiger partial charge in [0.05, 0.1) is 18.3 Å². The van der Waals surface area contributed by atoms with Crippen LogP contribution in [0.2, 0.25) is 0 Å². The Morgan fingerprint density at radius 2 is 2.20 bits per heavy atom. The molecule has 2 N–H and O–H groups in total. The van der Waals surface area contributed by atoms with Gasteiger partial charge >= 0.3 is 12.1 Å². The lowest BCUT2D eigenvalue weighted by Crippen LogP contribution is -2.25. The molecule has 1 atom stereocenters. The van der Waals surface area contributed by atoms with Crippen molar-refractivity contribution in [3.63, 3.8) is 0 Å². The third kappa shape index (κ3) is 2.94. The number of aromatic nitrogens is 2.